The molecule has 1 aromatic heterocycles. The summed E-state index contributed by atoms with van der Waals surface area (Å²) in [5, 5.41) is 7.83. The summed E-state index contributed by atoms with van der Waals surface area (Å²) in [5.74, 6) is 0.236. The van der Waals surface area contributed by atoms with E-state index in [1.54, 1.807) is 28.6 Å². The van der Waals surface area contributed by atoms with Crippen LogP contribution in [0.2, 0.25) is 0 Å². The number of esters is 1. The maximum absolute atomic E-state index is 13.4. The van der Waals surface area contributed by atoms with Gasteiger partial charge in [0.25, 0.3) is 0 Å². The highest BCUT2D eigenvalue weighted by Gasteiger charge is 2.27. The Hall–Kier alpha value is -1.78. The Morgan fingerprint density at radius 3 is 3.08 bits per heavy atom. The van der Waals surface area contributed by atoms with E-state index in [2.05, 4.69) is 15.3 Å². The van der Waals surface area contributed by atoms with Crippen LogP contribution in [0.1, 0.15) is 0 Å². The van der Waals surface area contributed by atoms with Gasteiger partial charge in [-0.2, -0.15) is 4.68 Å². The summed E-state index contributed by atoms with van der Waals surface area (Å²) >= 11 is 6.96. The lowest BCUT2D eigenvalue weighted by atomic mass is 10.3. The fourth-order valence-electron chi connectivity index (χ4n) is 2.43. The smallest absolute Gasteiger partial charge is 0.320 e. The zero-order valence-electron chi connectivity index (χ0n) is 13.0. The van der Waals surface area contributed by atoms with E-state index >= 15 is 0 Å². The average molecular weight is 369 g/mol. The Kier molecular flexibility index (Phi) is 5.27. The van der Waals surface area contributed by atoms with Crippen molar-refractivity contribution in [3.05, 3.63) is 34.9 Å². The van der Waals surface area contributed by atoms with Crippen LogP contribution in [-0.4, -0.2) is 61.9 Å². The molecule has 1 aliphatic heterocycles. The molecule has 7 nitrogen and oxygen atoms in total. The zero-order chi connectivity index (χ0) is 17.1. The number of carbonyl (C=O) groups excluding carboxylic acids is 1. The number of tetrazole rings is 1. The van der Waals surface area contributed by atoms with Crippen LogP contribution in [0.5, 0.6) is 0 Å². The Morgan fingerprint density at radius 1 is 1.50 bits per heavy atom. The Bertz CT molecular complexity index is 793. The van der Waals surface area contributed by atoms with Crippen LogP contribution in [0.3, 0.4) is 0 Å². The first kappa shape index (κ1) is 17.1. The number of benzene rings is 1. The number of hydrogen-bond acceptors (Lipinski definition) is 7. The zero-order valence-corrected chi connectivity index (χ0v) is 14.6. The number of ether oxygens (including phenoxy) is 1. The van der Waals surface area contributed by atoms with Gasteiger partial charge in [-0.05, 0) is 40.8 Å². The second-order valence-corrected chi connectivity index (χ2v) is 6.93. The van der Waals surface area contributed by atoms with E-state index in [9.17, 15) is 9.18 Å². The van der Waals surface area contributed by atoms with Gasteiger partial charge in [0.2, 0.25) is 4.77 Å². The summed E-state index contributed by atoms with van der Waals surface area (Å²) in [5.41, 5.74) is 0.521. The van der Waals surface area contributed by atoms with Gasteiger partial charge in [0.15, 0.2) is 0 Å². The molecule has 0 spiro atoms. The van der Waals surface area contributed by atoms with Crippen LogP contribution in [0, 0.1) is 10.6 Å². The molecular weight excluding hydrogens is 353 g/mol. The molecule has 1 atom stereocenters. The standard InChI is InChI=1S/C14H16FN5O2S2/c1-22-13(21)12-8-18(5-6-24-12)9-19-14(23)20(17-16-19)11-4-2-3-10(15)7-11/h2-4,7,12H,5-6,8-9H2,1H3/t12-/m1/s1. The number of halogens is 1. The molecule has 1 fully saturated rings. The summed E-state index contributed by atoms with van der Waals surface area (Å²) < 4.78 is 21.5. The van der Waals surface area contributed by atoms with E-state index in [0.29, 0.717) is 23.7 Å². The predicted octanol–water partition coefficient (Wildman–Crippen LogP) is 1.49. The van der Waals surface area contributed by atoms with Gasteiger partial charge < -0.3 is 4.74 Å². The van der Waals surface area contributed by atoms with Crippen LogP contribution in [0.25, 0.3) is 5.69 Å². The van der Waals surface area contributed by atoms with Gasteiger partial charge in [0.05, 0.1) is 19.5 Å². The van der Waals surface area contributed by atoms with Crippen LogP contribution in [0.4, 0.5) is 4.39 Å². The lowest BCUT2D eigenvalue weighted by Gasteiger charge is -2.30. The van der Waals surface area contributed by atoms with E-state index in [1.165, 1.54) is 23.9 Å². The van der Waals surface area contributed by atoms with E-state index < -0.39 is 0 Å². The molecule has 3 rings (SSSR count). The van der Waals surface area contributed by atoms with Crippen LogP contribution in [0.15, 0.2) is 24.3 Å². The summed E-state index contributed by atoms with van der Waals surface area (Å²) in [6.07, 6.45) is 0. The van der Waals surface area contributed by atoms with Gasteiger partial charge in [0.1, 0.15) is 11.1 Å². The lowest BCUT2D eigenvalue weighted by Crippen LogP contribution is -2.42. The Balaban J connectivity index is 1.75. The summed E-state index contributed by atoms with van der Waals surface area (Å²) in [7, 11) is 1.39. The Morgan fingerprint density at radius 2 is 2.33 bits per heavy atom. The fourth-order valence-corrected chi connectivity index (χ4v) is 3.86. The van der Waals surface area contributed by atoms with Crippen LogP contribution < -0.4 is 0 Å². The maximum atomic E-state index is 13.4. The van der Waals surface area contributed by atoms with Gasteiger partial charge in [0, 0.05) is 18.8 Å². The van der Waals surface area contributed by atoms with Gasteiger partial charge in [-0.1, -0.05) is 6.07 Å². The van der Waals surface area contributed by atoms with Crippen LogP contribution in [-0.2, 0) is 16.2 Å². The monoisotopic (exact) mass is 369 g/mol. The van der Waals surface area contributed by atoms with Crippen molar-refractivity contribution in [2.75, 3.05) is 26.0 Å². The van der Waals surface area contributed by atoms with Crippen molar-refractivity contribution in [1.82, 2.24) is 24.7 Å². The highest BCUT2D eigenvalue weighted by atomic mass is 32.2. The second kappa shape index (κ2) is 7.41. The number of nitrogens with zero attached hydrogens (tertiary/aromatic N) is 5. The molecule has 0 aliphatic carbocycles. The number of rotatable bonds is 4. The molecule has 2 aromatic rings. The van der Waals surface area contributed by atoms with E-state index in [4.69, 9.17) is 17.0 Å². The van der Waals surface area contributed by atoms with E-state index in [1.807, 2.05) is 0 Å². The summed E-state index contributed by atoms with van der Waals surface area (Å²) in [6.45, 7) is 1.79. The maximum Gasteiger partial charge on any atom is 0.320 e. The lowest BCUT2D eigenvalue weighted by molar-refractivity contribution is -0.140. The molecular formula is C14H16FN5O2S2. The van der Waals surface area contributed by atoms with Crippen molar-refractivity contribution in [3.63, 3.8) is 0 Å². The molecule has 0 unspecified atom stereocenters. The van der Waals surface area contributed by atoms with Gasteiger partial charge in [-0.3, -0.25) is 9.69 Å². The fraction of sp³-hybridized carbons (Fsp3) is 0.429. The number of thioether (sulfide) groups is 1. The first-order chi connectivity index (χ1) is 11.6. The average Bonchev–Trinajstić information content (AvgIpc) is 2.95. The van der Waals surface area contributed by atoms with E-state index in [0.717, 1.165) is 12.3 Å². The van der Waals surface area contributed by atoms with Crippen molar-refractivity contribution in [1.29, 1.82) is 0 Å². The molecule has 24 heavy (non-hydrogen) atoms. The number of carbonyl (C=O) groups is 1. The third kappa shape index (κ3) is 3.65. The number of methoxy groups -OCH3 is 1. The molecule has 1 saturated heterocycles. The highest BCUT2D eigenvalue weighted by Crippen LogP contribution is 2.20. The minimum absolute atomic E-state index is 0.212. The normalized spacial score (nSPS) is 18.5. The molecule has 128 valence electrons. The van der Waals surface area contributed by atoms with Crippen molar-refractivity contribution in [2.24, 2.45) is 0 Å². The molecule has 0 radical (unpaired) electrons. The SMILES string of the molecule is COC(=O)[C@H]1CN(Cn2nnn(-c3cccc(F)c3)c2=S)CCS1. The van der Waals surface area contributed by atoms with Crippen molar-refractivity contribution in [2.45, 2.75) is 11.9 Å². The first-order valence-corrected chi connectivity index (χ1v) is 8.75. The molecule has 0 N–H and O–H groups in total. The summed E-state index contributed by atoms with van der Waals surface area (Å²) in [4.78, 5) is 13.8. The van der Waals surface area contributed by atoms with Crippen molar-refractivity contribution in [3.8, 4) is 5.69 Å². The van der Waals surface area contributed by atoms with Gasteiger partial charge >= 0.3 is 5.97 Å². The summed E-state index contributed by atoms with van der Waals surface area (Å²) in [6, 6.07) is 6.01. The molecule has 0 saturated carbocycles. The highest BCUT2D eigenvalue weighted by molar-refractivity contribution is 8.00. The van der Waals surface area contributed by atoms with Crippen LogP contribution >= 0.6 is 24.0 Å². The molecule has 2 heterocycles. The quantitative estimate of drug-likeness (QED) is 0.597. The minimum Gasteiger partial charge on any atom is -0.468 e. The molecule has 1 aromatic carbocycles. The topological polar surface area (TPSA) is 65.2 Å². The first-order valence-electron chi connectivity index (χ1n) is 7.29. The van der Waals surface area contributed by atoms with Gasteiger partial charge in [-0.15, -0.1) is 11.8 Å². The molecule has 1 aliphatic rings. The number of hydrogen-bond donors (Lipinski definition) is 0. The number of aromatic nitrogens is 4. The largest absolute Gasteiger partial charge is 0.468 e. The molecule has 10 heteroatoms. The molecule has 0 bridgehead atoms. The molecule has 0 amide bonds. The third-order valence-corrected chi connectivity index (χ3v) is 5.19. The van der Waals surface area contributed by atoms with Gasteiger partial charge in [-0.25, -0.2) is 9.07 Å². The van der Waals surface area contributed by atoms with E-state index in [-0.39, 0.29) is 17.0 Å². The van der Waals surface area contributed by atoms with Crippen molar-refractivity contribution >= 4 is 29.9 Å². The van der Waals surface area contributed by atoms with Crippen molar-refractivity contribution < 1.29 is 13.9 Å². The predicted molar refractivity (Wildman–Crippen MR) is 90.0 cm³/mol. The Labute approximate surface area is 147 Å². The minimum atomic E-state index is -0.363. The second-order valence-electron chi connectivity index (χ2n) is 5.25. The third-order valence-electron chi connectivity index (χ3n) is 3.64.